The molecule has 19 heavy (non-hydrogen) atoms. The van der Waals surface area contributed by atoms with Gasteiger partial charge in [-0.15, -0.1) is 0 Å². The average molecular weight is 282 g/mol. The van der Waals surface area contributed by atoms with Gasteiger partial charge in [0.05, 0.1) is 6.04 Å². The molecule has 0 spiro atoms. The number of hydrogen-bond acceptors (Lipinski definition) is 6. The van der Waals surface area contributed by atoms with Crippen LogP contribution in [0.4, 0.5) is 0 Å². The maximum atomic E-state index is 5.41. The number of nitrogens with one attached hydrogen (secondary N) is 1. The first-order valence-corrected chi connectivity index (χ1v) is 8.29. The summed E-state index contributed by atoms with van der Waals surface area (Å²) in [5.74, 6) is 4.73. The first-order valence-electron chi connectivity index (χ1n) is 7.14. The third-order valence-electron chi connectivity index (χ3n) is 4.11. The standard InChI is InChI=1S/C13H22N4OS/c1-17-6-7-19-9-11(17)13-15-12(18-16-13)3-2-10-4-5-14-8-10/h10-11,14H,2-9H2,1H3. The van der Waals surface area contributed by atoms with Gasteiger partial charge >= 0.3 is 0 Å². The summed E-state index contributed by atoms with van der Waals surface area (Å²) < 4.78 is 5.41. The van der Waals surface area contributed by atoms with Crippen molar-refractivity contribution in [2.24, 2.45) is 5.92 Å². The van der Waals surface area contributed by atoms with Crippen LogP contribution in [-0.2, 0) is 6.42 Å². The minimum absolute atomic E-state index is 0.324. The van der Waals surface area contributed by atoms with Gasteiger partial charge < -0.3 is 9.84 Å². The van der Waals surface area contributed by atoms with Crippen molar-refractivity contribution in [2.45, 2.75) is 25.3 Å². The van der Waals surface area contributed by atoms with E-state index >= 15 is 0 Å². The molecular formula is C13H22N4OS. The lowest BCUT2D eigenvalue weighted by Crippen LogP contribution is -2.33. The molecule has 1 N–H and O–H groups in total. The van der Waals surface area contributed by atoms with E-state index in [1.165, 1.54) is 12.2 Å². The molecule has 2 unspecified atom stereocenters. The van der Waals surface area contributed by atoms with Crippen molar-refractivity contribution in [1.82, 2.24) is 20.4 Å². The van der Waals surface area contributed by atoms with E-state index in [0.717, 1.165) is 55.9 Å². The molecule has 2 aliphatic heterocycles. The van der Waals surface area contributed by atoms with E-state index in [-0.39, 0.29) is 0 Å². The first kappa shape index (κ1) is 13.4. The molecule has 0 aromatic carbocycles. The fraction of sp³-hybridized carbons (Fsp3) is 0.846. The lowest BCUT2D eigenvalue weighted by molar-refractivity contribution is 0.256. The molecule has 0 amide bonds. The van der Waals surface area contributed by atoms with Gasteiger partial charge in [-0.05, 0) is 38.9 Å². The van der Waals surface area contributed by atoms with Crippen molar-refractivity contribution < 1.29 is 4.52 Å². The molecule has 5 nitrogen and oxygen atoms in total. The van der Waals surface area contributed by atoms with Crippen LogP contribution in [0.3, 0.4) is 0 Å². The fourth-order valence-corrected chi connectivity index (χ4v) is 3.96. The van der Waals surface area contributed by atoms with Crippen molar-refractivity contribution in [3.8, 4) is 0 Å². The average Bonchev–Trinajstić information content (AvgIpc) is 3.08. The van der Waals surface area contributed by atoms with Gasteiger partial charge in [-0.25, -0.2) is 0 Å². The van der Waals surface area contributed by atoms with Crippen LogP contribution in [0.1, 0.15) is 30.6 Å². The lowest BCUT2D eigenvalue weighted by atomic mass is 10.0. The highest BCUT2D eigenvalue weighted by Crippen LogP contribution is 2.26. The largest absolute Gasteiger partial charge is 0.339 e. The summed E-state index contributed by atoms with van der Waals surface area (Å²) in [6, 6.07) is 0.324. The minimum atomic E-state index is 0.324. The van der Waals surface area contributed by atoms with E-state index in [2.05, 4.69) is 27.4 Å². The zero-order valence-electron chi connectivity index (χ0n) is 11.5. The summed E-state index contributed by atoms with van der Waals surface area (Å²) in [6.45, 7) is 3.40. The third kappa shape index (κ3) is 3.30. The SMILES string of the molecule is CN1CCSCC1c1noc(CCC2CCNC2)n1. The molecule has 2 aliphatic rings. The molecule has 2 fully saturated rings. The van der Waals surface area contributed by atoms with E-state index in [9.17, 15) is 0 Å². The number of aromatic nitrogens is 2. The van der Waals surface area contributed by atoms with Crippen LogP contribution in [0.5, 0.6) is 0 Å². The highest BCUT2D eigenvalue weighted by molar-refractivity contribution is 7.99. The Bertz CT molecular complexity index is 405. The molecule has 2 saturated heterocycles. The van der Waals surface area contributed by atoms with Crippen molar-refractivity contribution in [1.29, 1.82) is 0 Å². The molecule has 0 radical (unpaired) electrons. The van der Waals surface area contributed by atoms with Crippen molar-refractivity contribution in [3.63, 3.8) is 0 Å². The Hall–Kier alpha value is -0.590. The number of thioether (sulfide) groups is 1. The van der Waals surface area contributed by atoms with Gasteiger partial charge in [-0.3, -0.25) is 4.90 Å². The quantitative estimate of drug-likeness (QED) is 0.899. The van der Waals surface area contributed by atoms with Gasteiger partial charge in [0.1, 0.15) is 0 Å². The van der Waals surface area contributed by atoms with Crippen molar-refractivity contribution >= 4 is 11.8 Å². The second-order valence-electron chi connectivity index (χ2n) is 5.52. The Morgan fingerprint density at radius 3 is 3.26 bits per heavy atom. The molecule has 3 heterocycles. The second-order valence-corrected chi connectivity index (χ2v) is 6.66. The van der Waals surface area contributed by atoms with E-state index in [1.54, 1.807) is 0 Å². The third-order valence-corrected chi connectivity index (χ3v) is 5.13. The highest BCUT2D eigenvalue weighted by Gasteiger charge is 2.26. The Balaban J connectivity index is 1.56. The van der Waals surface area contributed by atoms with Gasteiger partial charge in [0.15, 0.2) is 5.82 Å². The molecule has 0 aliphatic carbocycles. The van der Waals surface area contributed by atoms with Crippen LogP contribution in [0.2, 0.25) is 0 Å². The summed E-state index contributed by atoms with van der Waals surface area (Å²) in [4.78, 5) is 6.92. The minimum Gasteiger partial charge on any atom is -0.339 e. The fourth-order valence-electron chi connectivity index (χ4n) is 2.75. The Morgan fingerprint density at radius 1 is 1.53 bits per heavy atom. The number of hydrogen-bond donors (Lipinski definition) is 1. The molecule has 2 atom stereocenters. The number of nitrogens with zero attached hydrogens (tertiary/aromatic N) is 3. The Labute approximate surface area is 118 Å². The van der Waals surface area contributed by atoms with Crippen LogP contribution in [0, 0.1) is 5.92 Å². The van der Waals surface area contributed by atoms with Gasteiger partial charge in [0, 0.05) is 24.5 Å². The van der Waals surface area contributed by atoms with Crippen LogP contribution in [0.15, 0.2) is 4.52 Å². The van der Waals surface area contributed by atoms with Crippen LogP contribution < -0.4 is 5.32 Å². The topological polar surface area (TPSA) is 54.2 Å². The van der Waals surface area contributed by atoms with Crippen molar-refractivity contribution in [2.75, 3.05) is 38.2 Å². The van der Waals surface area contributed by atoms with Crippen LogP contribution in [-0.4, -0.2) is 53.2 Å². The molecule has 0 saturated carbocycles. The maximum Gasteiger partial charge on any atom is 0.226 e. The first-order chi connectivity index (χ1) is 9.33. The normalized spacial score (nSPS) is 28.9. The zero-order valence-corrected chi connectivity index (χ0v) is 12.3. The Morgan fingerprint density at radius 2 is 2.47 bits per heavy atom. The predicted molar refractivity (Wildman–Crippen MR) is 76.3 cm³/mol. The summed E-state index contributed by atoms with van der Waals surface area (Å²) in [5.41, 5.74) is 0. The molecule has 6 heteroatoms. The summed E-state index contributed by atoms with van der Waals surface area (Å²) in [5, 5.41) is 7.57. The predicted octanol–water partition coefficient (Wildman–Crippen LogP) is 1.33. The molecule has 1 aromatic rings. The van der Waals surface area contributed by atoms with Crippen LogP contribution in [0.25, 0.3) is 0 Å². The van der Waals surface area contributed by atoms with Gasteiger partial charge in [-0.1, -0.05) is 5.16 Å². The summed E-state index contributed by atoms with van der Waals surface area (Å²) in [6.07, 6.45) is 3.36. The molecule has 0 bridgehead atoms. The Kier molecular flexibility index (Phi) is 4.40. The van der Waals surface area contributed by atoms with E-state index in [0.29, 0.717) is 6.04 Å². The molecule has 106 valence electrons. The molecule has 3 rings (SSSR count). The number of aryl methyl sites for hydroxylation is 1. The summed E-state index contributed by atoms with van der Waals surface area (Å²) in [7, 11) is 2.14. The number of rotatable bonds is 4. The van der Waals surface area contributed by atoms with E-state index in [1.807, 2.05) is 11.8 Å². The van der Waals surface area contributed by atoms with Crippen molar-refractivity contribution in [3.05, 3.63) is 11.7 Å². The van der Waals surface area contributed by atoms with E-state index in [4.69, 9.17) is 4.52 Å². The zero-order chi connectivity index (χ0) is 13.1. The van der Waals surface area contributed by atoms with Gasteiger partial charge in [0.25, 0.3) is 0 Å². The van der Waals surface area contributed by atoms with E-state index < -0.39 is 0 Å². The lowest BCUT2D eigenvalue weighted by Gasteiger charge is -2.29. The maximum absolute atomic E-state index is 5.41. The van der Waals surface area contributed by atoms with Crippen LogP contribution >= 0.6 is 11.8 Å². The van der Waals surface area contributed by atoms with Gasteiger partial charge in [-0.2, -0.15) is 16.7 Å². The van der Waals surface area contributed by atoms with Gasteiger partial charge in [0.2, 0.25) is 5.89 Å². The second kappa shape index (κ2) is 6.24. The monoisotopic (exact) mass is 282 g/mol. The summed E-state index contributed by atoms with van der Waals surface area (Å²) >= 11 is 1.97. The highest BCUT2D eigenvalue weighted by atomic mass is 32.2. The molecule has 1 aromatic heterocycles. The smallest absolute Gasteiger partial charge is 0.226 e. The molecular weight excluding hydrogens is 260 g/mol.